The average molecular weight is 606 g/mol. The van der Waals surface area contributed by atoms with Gasteiger partial charge in [-0.05, 0) is 100 Å². The summed E-state index contributed by atoms with van der Waals surface area (Å²) in [6.07, 6.45) is 4.51. The fourth-order valence-electron chi connectivity index (χ4n) is 6.54. The summed E-state index contributed by atoms with van der Waals surface area (Å²) in [4.78, 5) is 26.5. The zero-order chi connectivity index (χ0) is 29.2. The Balaban J connectivity index is 1.42. The van der Waals surface area contributed by atoms with Crippen molar-refractivity contribution in [1.82, 2.24) is 14.7 Å². The van der Waals surface area contributed by atoms with Crippen molar-refractivity contribution < 1.29 is 9.53 Å². The highest BCUT2D eigenvalue weighted by atomic mass is 35.5. The maximum atomic E-state index is 14.7. The van der Waals surface area contributed by atoms with Gasteiger partial charge in [0.1, 0.15) is 17.6 Å². The van der Waals surface area contributed by atoms with E-state index in [9.17, 15) is 4.79 Å². The summed E-state index contributed by atoms with van der Waals surface area (Å²) in [5.41, 5.74) is 2.77. The second kappa shape index (κ2) is 12.7. The molecule has 42 heavy (non-hydrogen) atoms. The Bertz CT molecular complexity index is 1410. The van der Waals surface area contributed by atoms with E-state index >= 15 is 0 Å². The first kappa shape index (κ1) is 29.0. The van der Waals surface area contributed by atoms with Crippen LogP contribution in [0.1, 0.15) is 68.3 Å². The van der Waals surface area contributed by atoms with Crippen LogP contribution in [0.4, 0.5) is 4.79 Å². The number of urea groups is 1. The Kier molecular flexibility index (Phi) is 8.75. The first-order valence-corrected chi connectivity index (χ1v) is 15.8. The van der Waals surface area contributed by atoms with Crippen LogP contribution < -0.4 is 4.74 Å². The van der Waals surface area contributed by atoms with Gasteiger partial charge in [-0.2, -0.15) is 0 Å². The van der Waals surface area contributed by atoms with Gasteiger partial charge in [0, 0.05) is 29.2 Å². The standard InChI is InChI=1S/C34H38Cl2N4O2/c1-23(2)42-30-8-4-3-7-29(30)33-37-31(24-9-13-26(35)14-10-24)32(25-11-15-27(36)16-12-25)40(33)34(41)39-21-17-28(18-22-39)38-19-5-6-20-38/h3-4,7-16,23,28,31-32H,5-6,17-22H2,1-2H3. The highest BCUT2D eigenvalue weighted by Crippen LogP contribution is 2.45. The fourth-order valence-corrected chi connectivity index (χ4v) is 6.80. The van der Waals surface area contributed by atoms with Gasteiger partial charge < -0.3 is 14.5 Å². The molecule has 2 unspecified atom stereocenters. The van der Waals surface area contributed by atoms with Crippen molar-refractivity contribution in [1.29, 1.82) is 0 Å². The van der Waals surface area contributed by atoms with Crippen LogP contribution >= 0.6 is 23.2 Å². The first-order valence-electron chi connectivity index (χ1n) is 15.1. The number of halogens is 2. The van der Waals surface area contributed by atoms with Gasteiger partial charge in [0.05, 0.1) is 17.7 Å². The predicted molar refractivity (Wildman–Crippen MR) is 170 cm³/mol. The summed E-state index contributed by atoms with van der Waals surface area (Å²) in [5.74, 6) is 1.33. The molecule has 0 N–H and O–H groups in total. The molecular weight excluding hydrogens is 567 g/mol. The van der Waals surface area contributed by atoms with E-state index in [4.69, 9.17) is 32.9 Å². The van der Waals surface area contributed by atoms with Crippen LogP contribution in [0.2, 0.25) is 10.0 Å². The normalized spacial score (nSPS) is 21.7. The average Bonchev–Trinajstić information content (AvgIpc) is 3.67. The molecule has 3 aliphatic heterocycles. The molecule has 220 valence electrons. The Morgan fingerprint density at radius 1 is 0.833 bits per heavy atom. The van der Waals surface area contributed by atoms with Gasteiger partial charge in [0.25, 0.3) is 0 Å². The number of hydrogen-bond donors (Lipinski definition) is 0. The molecule has 0 saturated carbocycles. The van der Waals surface area contributed by atoms with E-state index in [0.29, 0.717) is 27.7 Å². The molecule has 0 aromatic heterocycles. The van der Waals surface area contributed by atoms with Crippen molar-refractivity contribution in [3.8, 4) is 5.75 Å². The van der Waals surface area contributed by atoms with Gasteiger partial charge in [0.2, 0.25) is 0 Å². The Labute approximate surface area is 258 Å². The number of piperidine rings is 1. The van der Waals surface area contributed by atoms with Crippen LogP contribution in [0.25, 0.3) is 0 Å². The Morgan fingerprint density at radius 3 is 2.05 bits per heavy atom. The summed E-state index contributed by atoms with van der Waals surface area (Å²) in [6.45, 7) is 7.83. The van der Waals surface area contributed by atoms with Crippen molar-refractivity contribution in [2.75, 3.05) is 26.2 Å². The van der Waals surface area contributed by atoms with Crippen molar-refractivity contribution in [3.63, 3.8) is 0 Å². The van der Waals surface area contributed by atoms with E-state index in [0.717, 1.165) is 42.6 Å². The summed E-state index contributed by atoms with van der Waals surface area (Å²) in [7, 11) is 0. The number of ether oxygens (including phenoxy) is 1. The number of amides is 2. The summed E-state index contributed by atoms with van der Waals surface area (Å²) >= 11 is 12.6. The number of rotatable bonds is 6. The number of aliphatic imine (C=N–C) groups is 1. The summed E-state index contributed by atoms with van der Waals surface area (Å²) in [5, 5.41) is 1.31. The molecule has 0 radical (unpaired) electrons. The van der Waals surface area contributed by atoms with E-state index in [2.05, 4.69) is 4.90 Å². The van der Waals surface area contributed by atoms with E-state index in [1.54, 1.807) is 0 Å². The topological polar surface area (TPSA) is 48.4 Å². The maximum Gasteiger partial charge on any atom is 0.326 e. The Morgan fingerprint density at radius 2 is 1.43 bits per heavy atom. The fraction of sp³-hybridized carbons (Fsp3) is 0.412. The number of hydrogen-bond acceptors (Lipinski definition) is 4. The molecule has 8 heteroatoms. The minimum atomic E-state index is -0.366. The minimum absolute atomic E-state index is 0.0237. The largest absolute Gasteiger partial charge is 0.490 e. The second-order valence-electron chi connectivity index (χ2n) is 11.7. The number of para-hydroxylation sites is 1. The molecule has 2 saturated heterocycles. The van der Waals surface area contributed by atoms with Crippen molar-refractivity contribution >= 4 is 35.1 Å². The molecule has 0 bridgehead atoms. The number of amidine groups is 1. The molecule has 2 fully saturated rings. The predicted octanol–water partition coefficient (Wildman–Crippen LogP) is 8.01. The van der Waals surface area contributed by atoms with E-state index in [1.807, 2.05) is 96.4 Å². The van der Waals surface area contributed by atoms with Crippen LogP contribution in [0.15, 0.2) is 77.8 Å². The van der Waals surface area contributed by atoms with Gasteiger partial charge in [-0.1, -0.05) is 59.6 Å². The monoisotopic (exact) mass is 604 g/mol. The number of carbonyl (C=O) groups excluding carboxylic acids is 1. The zero-order valence-corrected chi connectivity index (χ0v) is 25.8. The lowest BCUT2D eigenvalue weighted by Gasteiger charge is -2.40. The molecule has 2 atom stereocenters. The highest BCUT2D eigenvalue weighted by Gasteiger charge is 2.45. The third kappa shape index (κ3) is 6.03. The molecule has 0 aliphatic carbocycles. The molecule has 3 heterocycles. The number of carbonyl (C=O) groups is 1. The lowest BCUT2D eigenvalue weighted by Crippen LogP contribution is -2.52. The zero-order valence-electron chi connectivity index (χ0n) is 24.3. The maximum absolute atomic E-state index is 14.7. The Hall–Kier alpha value is -3.06. The van der Waals surface area contributed by atoms with E-state index in [1.165, 1.54) is 25.9 Å². The first-order chi connectivity index (χ1) is 20.4. The highest BCUT2D eigenvalue weighted by molar-refractivity contribution is 6.30. The smallest absolute Gasteiger partial charge is 0.326 e. The SMILES string of the molecule is CC(C)Oc1ccccc1C1=NC(c2ccc(Cl)cc2)C(c2ccc(Cl)cc2)N1C(=O)N1CCC(N2CCCC2)CC1. The lowest BCUT2D eigenvalue weighted by molar-refractivity contribution is 0.117. The number of likely N-dealkylation sites (tertiary alicyclic amines) is 2. The second-order valence-corrected chi connectivity index (χ2v) is 12.6. The molecule has 2 amide bonds. The minimum Gasteiger partial charge on any atom is -0.490 e. The molecule has 3 aromatic carbocycles. The van der Waals surface area contributed by atoms with Crippen LogP contribution in [-0.2, 0) is 0 Å². The molecule has 3 aromatic rings. The summed E-state index contributed by atoms with van der Waals surface area (Å²) < 4.78 is 6.24. The van der Waals surface area contributed by atoms with Crippen molar-refractivity contribution in [2.24, 2.45) is 4.99 Å². The van der Waals surface area contributed by atoms with Gasteiger partial charge in [0.15, 0.2) is 0 Å². The van der Waals surface area contributed by atoms with Gasteiger partial charge in [-0.15, -0.1) is 0 Å². The van der Waals surface area contributed by atoms with Crippen LogP contribution in [0.3, 0.4) is 0 Å². The number of nitrogens with zero attached hydrogens (tertiary/aromatic N) is 4. The molecule has 0 spiro atoms. The lowest BCUT2D eigenvalue weighted by atomic mass is 9.93. The third-order valence-electron chi connectivity index (χ3n) is 8.58. The van der Waals surface area contributed by atoms with Crippen molar-refractivity contribution in [3.05, 3.63) is 99.5 Å². The van der Waals surface area contributed by atoms with Crippen LogP contribution in [0.5, 0.6) is 5.75 Å². The molecule has 6 rings (SSSR count). The van der Waals surface area contributed by atoms with Crippen LogP contribution in [0, 0.1) is 0 Å². The molecule has 3 aliphatic rings. The third-order valence-corrected chi connectivity index (χ3v) is 9.08. The van der Waals surface area contributed by atoms with Gasteiger partial charge >= 0.3 is 6.03 Å². The number of benzene rings is 3. The van der Waals surface area contributed by atoms with E-state index < -0.39 is 0 Å². The molecular formula is C34H38Cl2N4O2. The quantitative estimate of drug-likeness (QED) is 0.286. The van der Waals surface area contributed by atoms with Gasteiger partial charge in [-0.25, -0.2) is 4.79 Å². The van der Waals surface area contributed by atoms with E-state index in [-0.39, 0.29) is 24.2 Å². The molecule has 6 nitrogen and oxygen atoms in total. The van der Waals surface area contributed by atoms with Gasteiger partial charge in [-0.3, -0.25) is 9.89 Å². The summed E-state index contributed by atoms with van der Waals surface area (Å²) in [6, 6.07) is 23.3. The van der Waals surface area contributed by atoms with Crippen LogP contribution in [-0.4, -0.2) is 64.9 Å². The van der Waals surface area contributed by atoms with Crippen molar-refractivity contribution in [2.45, 2.75) is 63.8 Å².